The summed E-state index contributed by atoms with van der Waals surface area (Å²) in [6.07, 6.45) is 5.97. The fourth-order valence-corrected chi connectivity index (χ4v) is 2.85. The summed E-state index contributed by atoms with van der Waals surface area (Å²) in [6, 6.07) is 10.6. The number of hydrogen-bond acceptors (Lipinski definition) is 5. The van der Waals surface area contributed by atoms with Crippen molar-refractivity contribution in [2.75, 3.05) is 6.54 Å². The van der Waals surface area contributed by atoms with Crippen molar-refractivity contribution in [1.82, 2.24) is 10.6 Å². The summed E-state index contributed by atoms with van der Waals surface area (Å²) in [5.74, 6) is -1.67. The highest BCUT2D eigenvalue weighted by atomic mass is 16.4. The van der Waals surface area contributed by atoms with Gasteiger partial charge in [0.2, 0.25) is 11.8 Å². The van der Waals surface area contributed by atoms with Crippen LogP contribution in [0.15, 0.2) is 59.2 Å². The second-order valence-electron chi connectivity index (χ2n) is 6.78. The second kappa shape index (κ2) is 12.2. The van der Waals surface area contributed by atoms with Crippen molar-refractivity contribution in [2.24, 2.45) is 5.73 Å². The first-order valence-electron chi connectivity index (χ1n) is 9.79. The Balaban J connectivity index is 2.07. The van der Waals surface area contributed by atoms with Crippen LogP contribution in [0.2, 0.25) is 0 Å². The van der Waals surface area contributed by atoms with Gasteiger partial charge in [-0.15, -0.1) is 0 Å². The van der Waals surface area contributed by atoms with Gasteiger partial charge in [0.05, 0.1) is 6.26 Å². The van der Waals surface area contributed by atoms with Crippen LogP contribution < -0.4 is 16.4 Å². The molecular weight excluding hydrogens is 386 g/mol. The summed E-state index contributed by atoms with van der Waals surface area (Å²) in [7, 11) is 0. The molecule has 0 saturated carbocycles. The maximum absolute atomic E-state index is 12.8. The van der Waals surface area contributed by atoms with E-state index in [1.165, 1.54) is 18.4 Å². The molecule has 30 heavy (non-hydrogen) atoms. The number of benzene rings is 1. The molecule has 0 unspecified atom stereocenters. The van der Waals surface area contributed by atoms with Crippen molar-refractivity contribution in [3.05, 3.63) is 66.1 Å². The summed E-state index contributed by atoms with van der Waals surface area (Å²) < 4.78 is 5.14. The van der Waals surface area contributed by atoms with Crippen molar-refractivity contribution in [3.8, 4) is 0 Å². The third kappa shape index (κ3) is 7.92. The largest absolute Gasteiger partial charge is 0.480 e. The quantitative estimate of drug-likeness (QED) is 0.309. The molecule has 1 aromatic carbocycles. The van der Waals surface area contributed by atoms with Gasteiger partial charge in [-0.1, -0.05) is 30.3 Å². The number of furan rings is 1. The van der Waals surface area contributed by atoms with Crippen LogP contribution in [0.4, 0.5) is 0 Å². The van der Waals surface area contributed by atoms with Gasteiger partial charge in [-0.25, -0.2) is 4.79 Å². The highest BCUT2D eigenvalue weighted by Crippen LogP contribution is 2.07. The maximum Gasteiger partial charge on any atom is 0.326 e. The number of nitrogens with two attached hydrogens (primary N) is 1. The lowest BCUT2D eigenvalue weighted by atomic mass is 10.0. The minimum atomic E-state index is -1.12. The van der Waals surface area contributed by atoms with Crippen LogP contribution in [0.5, 0.6) is 0 Å². The minimum absolute atomic E-state index is 0.224. The Kier molecular flexibility index (Phi) is 9.33. The van der Waals surface area contributed by atoms with E-state index in [0.29, 0.717) is 25.1 Å². The Morgan fingerprint density at radius 2 is 1.80 bits per heavy atom. The number of carboxylic acid groups (broad SMARTS) is 1. The molecular formula is C22H27N3O5. The number of rotatable bonds is 12. The highest BCUT2D eigenvalue weighted by Gasteiger charge is 2.26. The maximum atomic E-state index is 12.8. The van der Waals surface area contributed by atoms with Gasteiger partial charge < -0.3 is 25.9 Å². The van der Waals surface area contributed by atoms with E-state index in [1.54, 1.807) is 12.1 Å². The Morgan fingerprint density at radius 3 is 2.43 bits per heavy atom. The van der Waals surface area contributed by atoms with Gasteiger partial charge in [-0.3, -0.25) is 9.59 Å². The number of amides is 2. The molecule has 2 atom stereocenters. The van der Waals surface area contributed by atoms with Gasteiger partial charge in [0.25, 0.3) is 0 Å². The van der Waals surface area contributed by atoms with E-state index in [0.717, 1.165) is 5.56 Å². The topological polar surface area (TPSA) is 135 Å². The Labute approximate surface area is 175 Å². The van der Waals surface area contributed by atoms with E-state index in [2.05, 4.69) is 10.6 Å². The number of unbranched alkanes of at least 4 members (excludes halogenated alkanes) is 1. The molecule has 0 aliphatic heterocycles. The molecule has 0 saturated heterocycles. The highest BCUT2D eigenvalue weighted by molar-refractivity contribution is 5.96. The van der Waals surface area contributed by atoms with Gasteiger partial charge in [-0.2, -0.15) is 0 Å². The lowest BCUT2D eigenvalue weighted by molar-refractivity contribution is -0.142. The first kappa shape index (κ1) is 22.9. The van der Waals surface area contributed by atoms with E-state index in [9.17, 15) is 19.5 Å². The van der Waals surface area contributed by atoms with Crippen LogP contribution in [-0.2, 0) is 20.8 Å². The predicted molar refractivity (Wildman–Crippen MR) is 112 cm³/mol. The molecule has 2 rings (SSSR count). The molecule has 5 N–H and O–H groups in total. The van der Waals surface area contributed by atoms with Gasteiger partial charge in [0, 0.05) is 12.5 Å². The standard InChI is InChI=1S/C22H27N3O5/c23-13-5-4-10-18(22(28)29)25-21(27)19(15-16-7-2-1-3-8-16)24-20(26)12-11-17-9-6-14-30-17/h1-3,6-9,11-12,14,18-19H,4-5,10,13,15,23H2,(H,24,26)(H,25,27)(H,28,29)/t18-,19-/m0/s1. The van der Waals surface area contributed by atoms with Crippen LogP contribution in [-0.4, -0.2) is 41.5 Å². The summed E-state index contributed by atoms with van der Waals surface area (Å²) in [5, 5.41) is 14.6. The van der Waals surface area contributed by atoms with Crippen molar-refractivity contribution >= 4 is 23.9 Å². The zero-order chi connectivity index (χ0) is 21.8. The number of carbonyl (C=O) groups excluding carboxylic acids is 2. The Bertz CT molecular complexity index is 834. The van der Waals surface area contributed by atoms with E-state index in [4.69, 9.17) is 10.2 Å². The van der Waals surface area contributed by atoms with Crippen LogP contribution in [0, 0.1) is 0 Å². The first-order valence-corrected chi connectivity index (χ1v) is 9.79. The zero-order valence-corrected chi connectivity index (χ0v) is 16.6. The molecule has 2 amide bonds. The van der Waals surface area contributed by atoms with E-state index >= 15 is 0 Å². The van der Waals surface area contributed by atoms with Gasteiger partial charge in [0.1, 0.15) is 17.8 Å². The van der Waals surface area contributed by atoms with Crippen molar-refractivity contribution in [1.29, 1.82) is 0 Å². The van der Waals surface area contributed by atoms with Crippen LogP contribution >= 0.6 is 0 Å². The third-order valence-corrected chi connectivity index (χ3v) is 4.42. The normalized spacial score (nSPS) is 13.0. The molecule has 0 aliphatic carbocycles. The number of carboxylic acids is 1. The van der Waals surface area contributed by atoms with E-state index in [1.807, 2.05) is 30.3 Å². The monoisotopic (exact) mass is 413 g/mol. The zero-order valence-electron chi connectivity index (χ0n) is 16.6. The van der Waals surface area contributed by atoms with Crippen molar-refractivity contribution < 1.29 is 23.9 Å². The summed E-state index contributed by atoms with van der Waals surface area (Å²) >= 11 is 0. The molecule has 0 fully saturated rings. The number of hydrogen-bond donors (Lipinski definition) is 4. The molecule has 2 aromatic rings. The van der Waals surface area contributed by atoms with Gasteiger partial charge in [-0.05, 0) is 49.6 Å². The molecule has 8 nitrogen and oxygen atoms in total. The number of nitrogens with one attached hydrogen (secondary N) is 2. The predicted octanol–water partition coefficient (Wildman–Crippen LogP) is 1.72. The Hall–Kier alpha value is -3.39. The van der Waals surface area contributed by atoms with E-state index in [-0.39, 0.29) is 12.8 Å². The SMILES string of the molecule is NCCCC[C@H](NC(=O)[C@H](Cc1ccccc1)NC(=O)C=Cc1ccco1)C(=O)O. The molecule has 0 spiro atoms. The van der Waals surface area contributed by atoms with Crippen molar-refractivity contribution in [2.45, 2.75) is 37.8 Å². The molecule has 0 radical (unpaired) electrons. The Morgan fingerprint density at radius 1 is 1.03 bits per heavy atom. The van der Waals surface area contributed by atoms with Crippen molar-refractivity contribution in [3.63, 3.8) is 0 Å². The van der Waals surface area contributed by atoms with Crippen LogP contribution in [0.3, 0.4) is 0 Å². The molecule has 8 heteroatoms. The van der Waals surface area contributed by atoms with Gasteiger partial charge >= 0.3 is 5.97 Å². The molecule has 160 valence electrons. The van der Waals surface area contributed by atoms with Crippen LogP contribution in [0.1, 0.15) is 30.6 Å². The van der Waals surface area contributed by atoms with E-state index < -0.39 is 29.9 Å². The number of aliphatic carboxylic acids is 1. The summed E-state index contributed by atoms with van der Waals surface area (Å²) in [6.45, 7) is 0.453. The smallest absolute Gasteiger partial charge is 0.326 e. The third-order valence-electron chi connectivity index (χ3n) is 4.42. The van der Waals surface area contributed by atoms with Crippen LogP contribution in [0.25, 0.3) is 6.08 Å². The lowest BCUT2D eigenvalue weighted by Crippen LogP contribution is -2.52. The average molecular weight is 413 g/mol. The minimum Gasteiger partial charge on any atom is -0.480 e. The molecule has 0 aliphatic rings. The summed E-state index contributed by atoms with van der Waals surface area (Å²) in [5.41, 5.74) is 6.29. The molecule has 1 heterocycles. The second-order valence-corrected chi connectivity index (χ2v) is 6.78. The fraction of sp³-hybridized carbons (Fsp3) is 0.318. The summed E-state index contributed by atoms with van der Waals surface area (Å²) in [4.78, 5) is 36.6. The average Bonchev–Trinajstić information content (AvgIpc) is 3.25. The fourth-order valence-electron chi connectivity index (χ4n) is 2.85. The van der Waals surface area contributed by atoms with Gasteiger partial charge in [0.15, 0.2) is 0 Å². The number of carbonyl (C=O) groups is 3. The molecule has 1 aromatic heterocycles. The molecule has 0 bridgehead atoms. The lowest BCUT2D eigenvalue weighted by Gasteiger charge is -2.21. The first-order chi connectivity index (χ1) is 14.5.